The number of halogens is 2. The summed E-state index contributed by atoms with van der Waals surface area (Å²) < 4.78 is 19.8. The molecule has 0 aliphatic carbocycles. The van der Waals surface area contributed by atoms with Gasteiger partial charge in [-0.25, -0.2) is 4.39 Å². The predicted octanol–water partition coefficient (Wildman–Crippen LogP) is 4.05. The van der Waals surface area contributed by atoms with Crippen LogP contribution in [0.1, 0.15) is 24.1 Å². The van der Waals surface area contributed by atoms with Crippen molar-refractivity contribution in [2.75, 3.05) is 13.2 Å². The van der Waals surface area contributed by atoms with E-state index in [1.807, 2.05) is 30.3 Å². The Morgan fingerprint density at radius 1 is 1.14 bits per heavy atom. The maximum Gasteiger partial charge on any atom is 0.129 e. The van der Waals surface area contributed by atoms with Crippen LogP contribution in [0, 0.1) is 5.82 Å². The smallest absolute Gasteiger partial charge is 0.129 e. The van der Waals surface area contributed by atoms with E-state index in [1.165, 1.54) is 10.9 Å². The zero-order valence-electron chi connectivity index (χ0n) is 15.4. The minimum atomic E-state index is -0.357. The Morgan fingerprint density at radius 3 is 2.75 bits per heavy atom. The number of hydrogen-bond donors (Lipinski definition) is 1. The SMILES string of the molecule is Fc1cccc(Cl)c1Cn1nc(CNC[C@@H]2CCCO2)c(-c2ccccc2)n1. The molecule has 0 radical (unpaired) electrons. The summed E-state index contributed by atoms with van der Waals surface area (Å²) in [6, 6.07) is 14.5. The second kappa shape index (κ2) is 8.82. The van der Waals surface area contributed by atoms with Crippen LogP contribution < -0.4 is 5.32 Å². The Balaban J connectivity index is 1.56. The van der Waals surface area contributed by atoms with Crippen LogP contribution in [-0.2, 0) is 17.8 Å². The summed E-state index contributed by atoms with van der Waals surface area (Å²) in [5, 5.41) is 13.0. The first-order valence-electron chi connectivity index (χ1n) is 9.45. The molecule has 2 heterocycles. The van der Waals surface area contributed by atoms with Crippen LogP contribution in [0.15, 0.2) is 48.5 Å². The molecule has 7 heteroatoms. The van der Waals surface area contributed by atoms with Gasteiger partial charge >= 0.3 is 0 Å². The molecular weight excluding hydrogens is 379 g/mol. The Labute approximate surface area is 168 Å². The maximum atomic E-state index is 14.2. The van der Waals surface area contributed by atoms with Crippen molar-refractivity contribution >= 4 is 11.6 Å². The Kier molecular flexibility index (Phi) is 6.00. The first-order valence-corrected chi connectivity index (χ1v) is 9.83. The van der Waals surface area contributed by atoms with Gasteiger partial charge in [-0.15, -0.1) is 0 Å². The number of nitrogens with one attached hydrogen (secondary N) is 1. The highest BCUT2D eigenvalue weighted by Crippen LogP contribution is 2.23. The van der Waals surface area contributed by atoms with Gasteiger partial charge < -0.3 is 10.1 Å². The van der Waals surface area contributed by atoms with Crippen LogP contribution in [0.4, 0.5) is 4.39 Å². The number of benzene rings is 2. The van der Waals surface area contributed by atoms with Gasteiger partial charge in [0.05, 0.1) is 12.6 Å². The lowest BCUT2D eigenvalue weighted by Crippen LogP contribution is -2.26. The van der Waals surface area contributed by atoms with Crippen molar-refractivity contribution in [3.05, 3.63) is 70.6 Å². The molecule has 1 atom stereocenters. The summed E-state index contributed by atoms with van der Waals surface area (Å²) in [6.07, 6.45) is 2.45. The molecule has 1 aliphatic rings. The maximum absolute atomic E-state index is 14.2. The van der Waals surface area contributed by atoms with Gasteiger partial charge in [0.2, 0.25) is 0 Å². The molecule has 1 saturated heterocycles. The lowest BCUT2D eigenvalue weighted by molar-refractivity contribution is 0.110. The van der Waals surface area contributed by atoms with Crippen LogP contribution in [0.5, 0.6) is 0 Å². The van der Waals surface area contributed by atoms with Crippen molar-refractivity contribution < 1.29 is 9.13 Å². The lowest BCUT2D eigenvalue weighted by atomic mass is 10.1. The van der Waals surface area contributed by atoms with Gasteiger partial charge in [0, 0.05) is 35.8 Å². The lowest BCUT2D eigenvalue weighted by Gasteiger charge is -2.10. The van der Waals surface area contributed by atoms with Crippen molar-refractivity contribution in [1.29, 1.82) is 0 Å². The molecular formula is C21H22ClFN4O. The van der Waals surface area contributed by atoms with E-state index < -0.39 is 0 Å². The van der Waals surface area contributed by atoms with Gasteiger partial charge in [0.25, 0.3) is 0 Å². The molecule has 1 aliphatic heterocycles. The summed E-state index contributed by atoms with van der Waals surface area (Å²) in [5.74, 6) is -0.357. The zero-order chi connectivity index (χ0) is 19.3. The monoisotopic (exact) mass is 400 g/mol. The Morgan fingerprint density at radius 2 is 2.00 bits per heavy atom. The van der Waals surface area contributed by atoms with Gasteiger partial charge in [-0.2, -0.15) is 15.0 Å². The fourth-order valence-electron chi connectivity index (χ4n) is 3.37. The molecule has 2 aromatic carbocycles. The molecule has 1 fully saturated rings. The van der Waals surface area contributed by atoms with E-state index in [4.69, 9.17) is 16.3 Å². The topological polar surface area (TPSA) is 52.0 Å². The second-order valence-electron chi connectivity index (χ2n) is 6.86. The van der Waals surface area contributed by atoms with Gasteiger partial charge in [0.15, 0.2) is 0 Å². The number of aromatic nitrogens is 3. The quantitative estimate of drug-likeness (QED) is 0.650. The molecule has 0 amide bonds. The van der Waals surface area contributed by atoms with Crippen LogP contribution in [0.2, 0.25) is 5.02 Å². The van der Waals surface area contributed by atoms with Crippen LogP contribution in [-0.4, -0.2) is 34.2 Å². The summed E-state index contributed by atoms with van der Waals surface area (Å²) in [4.78, 5) is 1.51. The van der Waals surface area contributed by atoms with Crippen LogP contribution in [0.3, 0.4) is 0 Å². The number of nitrogens with zero attached hydrogens (tertiary/aromatic N) is 3. The van der Waals surface area contributed by atoms with E-state index in [0.29, 0.717) is 17.1 Å². The van der Waals surface area contributed by atoms with Gasteiger partial charge in [0.1, 0.15) is 17.2 Å². The van der Waals surface area contributed by atoms with Gasteiger partial charge in [-0.3, -0.25) is 0 Å². The summed E-state index contributed by atoms with van der Waals surface area (Å²) in [5.41, 5.74) is 2.96. The third-order valence-corrected chi connectivity index (χ3v) is 5.18. The number of rotatable bonds is 7. The highest BCUT2D eigenvalue weighted by atomic mass is 35.5. The van der Waals surface area contributed by atoms with Crippen LogP contribution in [0.25, 0.3) is 11.3 Å². The second-order valence-corrected chi connectivity index (χ2v) is 7.27. The predicted molar refractivity (Wildman–Crippen MR) is 107 cm³/mol. The first-order chi connectivity index (χ1) is 13.7. The summed E-state index contributed by atoms with van der Waals surface area (Å²) in [6.45, 7) is 2.35. The average Bonchev–Trinajstić information content (AvgIpc) is 3.36. The molecule has 0 spiro atoms. The molecule has 0 bridgehead atoms. The van der Waals surface area contributed by atoms with Crippen molar-refractivity contribution in [2.45, 2.75) is 32.0 Å². The Bertz CT molecular complexity index is 905. The van der Waals surface area contributed by atoms with E-state index in [-0.39, 0.29) is 18.5 Å². The van der Waals surface area contributed by atoms with E-state index in [0.717, 1.165) is 42.9 Å². The van der Waals surface area contributed by atoms with Crippen molar-refractivity contribution in [3.8, 4) is 11.3 Å². The van der Waals surface area contributed by atoms with Crippen molar-refractivity contribution in [3.63, 3.8) is 0 Å². The largest absolute Gasteiger partial charge is 0.377 e. The van der Waals surface area contributed by atoms with E-state index >= 15 is 0 Å². The number of hydrogen-bond acceptors (Lipinski definition) is 4. The highest BCUT2D eigenvalue weighted by molar-refractivity contribution is 6.31. The van der Waals surface area contributed by atoms with E-state index in [1.54, 1.807) is 12.1 Å². The van der Waals surface area contributed by atoms with Crippen molar-refractivity contribution in [1.82, 2.24) is 20.3 Å². The molecule has 3 aromatic rings. The summed E-state index contributed by atoms with van der Waals surface area (Å²) >= 11 is 6.16. The Hall–Kier alpha value is -2.28. The van der Waals surface area contributed by atoms with Crippen LogP contribution >= 0.6 is 11.6 Å². The molecule has 0 unspecified atom stereocenters. The molecule has 1 aromatic heterocycles. The fourth-order valence-corrected chi connectivity index (χ4v) is 3.60. The highest BCUT2D eigenvalue weighted by Gasteiger charge is 2.18. The van der Waals surface area contributed by atoms with E-state index in [9.17, 15) is 4.39 Å². The normalized spacial score (nSPS) is 16.6. The first kappa shape index (κ1) is 19.1. The number of ether oxygens (including phenoxy) is 1. The molecule has 28 heavy (non-hydrogen) atoms. The third-order valence-electron chi connectivity index (χ3n) is 4.82. The molecule has 146 valence electrons. The summed E-state index contributed by atoms with van der Waals surface area (Å²) in [7, 11) is 0. The fraction of sp³-hybridized carbons (Fsp3) is 0.333. The standard InChI is InChI=1S/C21H22ClFN4O/c22-18-9-4-10-19(23)17(18)14-27-25-20(13-24-12-16-8-5-11-28-16)21(26-27)15-6-2-1-3-7-15/h1-4,6-7,9-10,16,24H,5,8,11-14H2/t16-/m0/s1. The minimum absolute atomic E-state index is 0.178. The zero-order valence-corrected chi connectivity index (χ0v) is 16.2. The third kappa shape index (κ3) is 4.41. The molecule has 5 nitrogen and oxygen atoms in total. The molecule has 4 rings (SSSR count). The van der Waals surface area contributed by atoms with Gasteiger partial charge in [-0.05, 0) is 25.0 Å². The van der Waals surface area contributed by atoms with Crippen molar-refractivity contribution in [2.24, 2.45) is 0 Å². The molecule has 1 N–H and O–H groups in total. The van der Waals surface area contributed by atoms with Gasteiger partial charge in [-0.1, -0.05) is 48.0 Å². The van der Waals surface area contributed by atoms with E-state index in [2.05, 4.69) is 15.5 Å². The molecule has 0 saturated carbocycles. The average molecular weight is 401 g/mol. The minimum Gasteiger partial charge on any atom is -0.377 e.